The number of rotatable bonds is 7. The van der Waals surface area contributed by atoms with E-state index in [4.69, 9.17) is 28.2 Å². The minimum absolute atomic E-state index is 0.100. The van der Waals surface area contributed by atoms with Crippen LogP contribution in [0.4, 0.5) is 5.69 Å². The monoisotopic (exact) mass is 495 g/mol. The van der Waals surface area contributed by atoms with Crippen LogP contribution in [0.15, 0.2) is 65.8 Å². The Hall–Kier alpha value is -3.75. The van der Waals surface area contributed by atoms with E-state index in [1.54, 1.807) is 42.5 Å². The van der Waals surface area contributed by atoms with Gasteiger partial charge in [-0.1, -0.05) is 42.3 Å². The first kappa shape index (κ1) is 23.4. The van der Waals surface area contributed by atoms with Gasteiger partial charge in [-0.15, -0.1) is 0 Å². The molecule has 0 aliphatic rings. The molecule has 0 atom stereocenters. The van der Waals surface area contributed by atoms with Gasteiger partial charge in [-0.25, -0.2) is 10.4 Å². The normalized spacial score (nSPS) is 11.3. The maximum absolute atomic E-state index is 12.6. The van der Waals surface area contributed by atoms with Crippen LogP contribution >= 0.6 is 23.2 Å². The van der Waals surface area contributed by atoms with Crippen molar-refractivity contribution < 1.29 is 9.72 Å². The fourth-order valence-electron chi connectivity index (χ4n) is 3.59. The maximum Gasteiger partial charge on any atom is 0.278 e. The second kappa shape index (κ2) is 10.0. The Bertz CT molecular complexity index is 1430. The number of hydrogen-bond donors (Lipinski definition) is 1. The van der Waals surface area contributed by atoms with Crippen LogP contribution in [0, 0.1) is 10.1 Å². The van der Waals surface area contributed by atoms with E-state index < -0.39 is 10.8 Å². The summed E-state index contributed by atoms with van der Waals surface area (Å²) < 4.78 is 2.05. The number of nitro groups is 1. The number of carbonyl (C=O) groups excluding carboxylic acids is 1. The molecule has 1 aromatic heterocycles. The van der Waals surface area contributed by atoms with Crippen molar-refractivity contribution in [2.45, 2.75) is 19.9 Å². The van der Waals surface area contributed by atoms with Gasteiger partial charge < -0.3 is 4.57 Å². The molecule has 1 amide bonds. The Morgan fingerprint density at radius 2 is 1.97 bits per heavy atom. The minimum Gasteiger partial charge on any atom is -0.324 e. The molecule has 3 aromatic carbocycles. The molecule has 0 saturated carbocycles. The molecule has 34 heavy (non-hydrogen) atoms. The van der Waals surface area contributed by atoms with Crippen molar-refractivity contribution in [2.75, 3.05) is 0 Å². The number of nitrogens with one attached hydrogen (secondary N) is 1. The number of nitro benzene ring substituents is 1. The third kappa shape index (κ3) is 4.78. The van der Waals surface area contributed by atoms with Gasteiger partial charge in [0.05, 0.1) is 32.8 Å². The highest BCUT2D eigenvalue weighted by molar-refractivity contribution is 6.36. The molecule has 0 bridgehead atoms. The average Bonchev–Trinajstić information content (AvgIpc) is 3.16. The van der Waals surface area contributed by atoms with Gasteiger partial charge >= 0.3 is 0 Å². The zero-order valence-electron chi connectivity index (χ0n) is 18.0. The van der Waals surface area contributed by atoms with E-state index >= 15 is 0 Å². The van der Waals surface area contributed by atoms with Crippen molar-refractivity contribution in [1.29, 1.82) is 0 Å². The van der Waals surface area contributed by atoms with Crippen molar-refractivity contribution in [2.24, 2.45) is 5.10 Å². The molecule has 0 unspecified atom stereocenters. The lowest BCUT2D eigenvalue weighted by molar-refractivity contribution is -0.385. The van der Waals surface area contributed by atoms with Crippen LogP contribution in [0.1, 0.15) is 29.3 Å². The molecule has 4 rings (SSSR count). The number of halogens is 2. The maximum atomic E-state index is 12.6. The van der Waals surface area contributed by atoms with Gasteiger partial charge in [-0.2, -0.15) is 5.10 Å². The minimum atomic E-state index is -0.506. The summed E-state index contributed by atoms with van der Waals surface area (Å²) in [5, 5.41) is 16.0. The van der Waals surface area contributed by atoms with E-state index in [1.165, 1.54) is 12.3 Å². The molecule has 0 saturated heterocycles. The molecule has 0 fully saturated rings. The first-order valence-electron chi connectivity index (χ1n) is 10.4. The van der Waals surface area contributed by atoms with Crippen LogP contribution < -0.4 is 5.43 Å². The largest absolute Gasteiger partial charge is 0.324 e. The summed E-state index contributed by atoms with van der Waals surface area (Å²) >= 11 is 12.5. The number of para-hydroxylation sites is 1. The molecule has 0 radical (unpaired) electrons. The summed E-state index contributed by atoms with van der Waals surface area (Å²) in [6.45, 7) is 2.78. The number of benzene rings is 3. The number of nitrogens with zero attached hydrogens (tertiary/aromatic N) is 4. The quantitative estimate of drug-likeness (QED) is 0.190. The van der Waals surface area contributed by atoms with Gasteiger partial charge in [0, 0.05) is 28.8 Å². The molecule has 8 nitrogen and oxygen atoms in total. The first-order valence-corrected chi connectivity index (χ1v) is 11.2. The molecular formula is C24H19Cl2N5O3. The zero-order chi connectivity index (χ0) is 24.2. The molecule has 1 N–H and O–H groups in total. The lowest BCUT2D eigenvalue weighted by Gasteiger charge is -2.09. The number of hydrogen-bond acceptors (Lipinski definition) is 5. The Labute approximate surface area is 205 Å². The number of aromatic nitrogens is 2. The Morgan fingerprint density at radius 1 is 1.18 bits per heavy atom. The van der Waals surface area contributed by atoms with Gasteiger partial charge in [0.2, 0.25) is 0 Å². The highest BCUT2D eigenvalue weighted by atomic mass is 35.5. The number of amides is 1. The summed E-state index contributed by atoms with van der Waals surface area (Å²) in [5.41, 5.74) is 5.18. The summed E-state index contributed by atoms with van der Waals surface area (Å²) in [4.78, 5) is 28.0. The third-order valence-electron chi connectivity index (χ3n) is 5.13. The van der Waals surface area contributed by atoms with Crippen LogP contribution in [0.25, 0.3) is 22.4 Å². The summed E-state index contributed by atoms with van der Waals surface area (Å²) in [6.07, 6.45) is 2.12. The van der Waals surface area contributed by atoms with Crippen LogP contribution in [-0.2, 0) is 6.54 Å². The highest BCUT2D eigenvalue weighted by Gasteiger charge is 2.17. The number of hydrazone groups is 1. The fourth-order valence-corrected chi connectivity index (χ4v) is 4.08. The summed E-state index contributed by atoms with van der Waals surface area (Å²) in [5.74, 6) is 0.221. The van der Waals surface area contributed by atoms with Gasteiger partial charge in [0.25, 0.3) is 11.6 Å². The topological polar surface area (TPSA) is 102 Å². The molecule has 1 heterocycles. The van der Waals surface area contributed by atoms with Crippen LogP contribution in [-0.4, -0.2) is 26.6 Å². The molecular weight excluding hydrogens is 477 g/mol. The third-order valence-corrected chi connectivity index (χ3v) is 5.68. The lowest BCUT2D eigenvalue weighted by atomic mass is 10.2. The molecule has 0 aliphatic carbocycles. The van der Waals surface area contributed by atoms with Crippen molar-refractivity contribution in [3.8, 4) is 11.4 Å². The van der Waals surface area contributed by atoms with E-state index in [9.17, 15) is 14.9 Å². The van der Waals surface area contributed by atoms with E-state index in [1.807, 2.05) is 12.1 Å². The number of imidazole rings is 1. The van der Waals surface area contributed by atoms with Crippen molar-refractivity contribution in [1.82, 2.24) is 15.0 Å². The van der Waals surface area contributed by atoms with Crippen LogP contribution in [0.5, 0.6) is 0 Å². The average molecular weight is 496 g/mol. The zero-order valence-corrected chi connectivity index (χ0v) is 19.5. The number of fused-ring (bicyclic) bond motifs is 1. The predicted octanol–water partition coefficient (Wildman–Crippen LogP) is 6.09. The Balaban J connectivity index is 1.63. The van der Waals surface area contributed by atoms with Crippen molar-refractivity contribution in [3.63, 3.8) is 0 Å². The second-order valence-electron chi connectivity index (χ2n) is 7.43. The van der Waals surface area contributed by atoms with Crippen molar-refractivity contribution in [3.05, 3.63) is 92.0 Å². The van der Waals surface area contributed by atoms with E-state index in [0.29, 0.717) is 26.9 Å². The van der Waals surface area contributed by atoms with E-state index in [0.717, 1.165) is 24.0 Å². The summed E-state index contributed by atoms with van der Waals surface area (Å²) in [7, 11) is 0. The standard InChI is InChI=1S/C24H19Cl2N5O3/c1-2-11-30-22-10-7-15(12-20(22)28-23(30)18-9-8-17(25)13-19(18)26)24(32)29-27-14-16-5-3-4-6-21(16)31(33)34/h3-10,12-14H,2,11H2,1H3,(H,29,32)/b27-14+. The van der Waals surface area contributed by atoms with Gasteiger partial charge in [0.15, 0.2) is 0 Å². The lowest BCUT2D eigenvalue weighted by Crippen LogP contribution is -2.17. The van der Waals surface area contributed by atoms with Gasteiger partial charge in [0.1, 0.15) is 5.82 Å². The SMILES string of the molecule is CCCn1c(-c2ccc(Cl)cc2Cl)nc2cc(C(=O)N/N=C/c3ccccc3[N+](=O)[O-])ccc21. The molecule has 0 aliphatic heterocycles. The predicted molar refractivity (Wildman–Crippen MR) is 134 cm³/mol. The molecule has 0 spiro atoms. The van der Waals surface area contributed by atoms with Crippen LogP contribution in [0.3, 0.4) is 0 Å². The molecule has 4 aromatic rings. The highest BCUT2D eigenvalue weighted by Crippen LogP contribution is 2.32. The Kier molecular flexibility index (Phi) is 6.90. The van der Waals surface area contributed by atoms with Gasteiger partial charge in [-0.05, 0) is 48.9 Å². The number of carbonyl (C=O) groups is 1. The first-order chi connectivity index (χ1) is 16.4. The second-order valence-corrected chi connectivity index (χ2v) is 8.27. The van der Waals surface area contributed by atoms with Crippen molar-refractivity contribution >= 4 is 52.0 Å². The van der Waals surface area contributed by atoms with E-state index in [-0.39, 0.29) is 11.3 Å². The smallest absolute Gasteiger partial charge is 0.278 e. The van der Waals surface area contributed by atoms with Gasteiger partial charge in [-0.3, -0.25) is 14.9 Å². The summed E-state index contributed by atoms with van der Waals surface area (Å²) in [6, 6.07) is 16.6. The fraction of sp³-hybridized carbons (Fsp3) is 0.125. The molecule has 172 valence electrons. The number of aryl methyl sites for hydroxylation is 1. The van der Waals surface area contributed by atoms with E-state index in [2.05, 4.69) is 22.0 Å². The molecule has 10 heteroatoms. The Morgan fingerprint density at radius 3 is 2.71 bits per heavy atom. The van der Waals surface area contributed by atoms with Crippen LogP contribution in [0.2, 0.25) is 10.0 Å².